The zero-order valence-corrected chi connectivity index (χ0v) is 15.0. The Hall–Kier alpha value is -2.41. The van der Waals surface area contributed by atoms with Crippen LogP contribution in [0.1, 0.15) is 30.5 Å². The van der Waals surface area contributed by atoms with Crippen molar-refractivity contribution in [2.24, 2.45) is 10.7 Å². The van der Waals surface area contributed by atoms with Gasteiger partial charge in [-0.2, -0.15) is 0 Å². The summed E-state index contributed by atoms with van der Waals surface area (Å²) in [6.07, 6.45) is 6.95. The number of aromatic nitrogens is 2. The third-order valence-corrected chi connectivity index (χ3v) is 4.54. The van der Waals surface area contributed by atoms with Gasteiger partial charge >= 0.3 is 0 Å². The van der Waals surface area contributed by atoms with E-state index in [-0.39, 0.29) is 0 Å². The van der Waals surface area contributed by atoms with Crippen molar-refractivity contribution in [3.63, 3.8) is 0 Å². The first-order chi connectivity index (χ1) is 12.1. The molecule has 0 spiro atoms. The number of hydrogen-bond donors (Lipinski definition) is 2. The molecule has 0 unspecified atom stereocenters. The lowest BCUT2D eigenvalue weighted by atomic mass is 10.1. The summed E-state index contributed by atoms with van der Waals surface area (Å²) in [5, 5.41) is 3.00. The van der Waals surface area contributed by atoms with Gasteiger partial charge < -0.3 is 15.1 Å². The van der Waals surface area contributed by atoms with Crippen LogP contribution in [0.2, 0.25) is 0 Å². The van der Waals surface area contributed by atoms with Gasteiger partial charge in [0.1, 0.15) is 0 Å². The Balaban J connectivity index is 1.60. The minimum Gasteiger partial charge on any atom is -0.472 e. The van der Waals surface area contributed by atoms with Gasteiger partial charge in [-0.05, 0) is 64.4 Å². The standard InChI is InChI=1S/C18H26N6O/c1-13-14(2)21-18(22-16(13)15-6-11-25-12-15)23-17(19)20-7-5-10-24-8-3-4-9-24/h6,11-12H,3-5,7-10H2,1-2H3,(H3,19,20,21,22,23). The van der Waals surface area contributed by atoms with Crippen LogP contribution >= 0.6 is 0 Å². The van der Waals surface area contributed by atoms with E-state index in [1.165, 1.54) is 25.9 Å². The van der Waals surface area contributed by atoms with Gasteiger partial charge in [0.05, 0.1) is 18.2 Å². The van der Waals surface area contributed by atoms with E-state index in [0.29, 0.717) is 18.5 Å². The second-order valence-electron chi connectivity index (χ2n) is 6.41. The number of anilines is 1. The Morgan fingerprint density at radius 2 is 2.12 bits per heavy atom. The highest BCUT2D eigenvalue weighted by molar-refractivity contribution is 5.90. The molecule has 7 nitrogen and oxygen atoms in total. The molecule has 3 N–H and O–H groups in total. The first kappa shape index (κ1) is 17.4. The van der Waals surface area contributed by atoms with Crippen LogP contribution in [0.5, 0.6) is 0 Å². The Labute approximate surface area is 148 Å². The second kappa shape index (κ2) is 8.11. The summed E-state index contributed by atoms with van der Waals surface area (Å²) >= 11 is 0. The number of nitrogens with two attached hydrogens (primary N) is 1. The van der Waals surface area contributed by atoms with Crippen LogP contribution in [0.4, 0.5) is 5.95 Å². The molecule has 0 amide bonds. The van der Waals surface area contributed by atoms with Crippen molar-refractivity contribution in [1.29, 1.82) is 0 Å². The molecule has 7 heteroatoms. The molecule has 1 saturated heterocycles. The monoisotopic (exact) mass is 342 g/mol. The third kappa shape index (κ3) is 4.57. The van der Waals surface area contributed by atoms with E-state index in [0.717, 1.165) is 35.5 Å². The van der Waals surface area contributed by atoms with Crippen LogP contribution in [0, 0.1) is 13.8 Å². The molecule has 3 rings (SSSR count). The number of nitrogens with one attached hydrogen (secondary N) is 1. The minimum atomic E-state index is 0.350. The quantitative estimate of drug-likeness (QED) is 0.476. The number of guanidine groups is 1. The van der Waals surface area contributed by atoms with Crippen LogP contribution in [0.3, 0.4) is 0 Å². The van der Waals surface area contributed by atoms with Gasteiger partial charge in [0, 0.05) is 17.8 Å². The zero-order chi connectivity index (χ0) is 17.6. The highest BCUT2D eigenvalue weighted by Crippen LogP contribution is 2.24. The number of rotatable bonds is 6. The maximum absolute atomic E-state index is 5.98. The van der Waals surface area contributed by atoms with E-state index in [2.05, 4.69) is 25.2 Å². The van der Waals surface area contributed by atoms with Crippen LogP contribution in [-0.4, -0.2) is 47.0 Å². The fourth-order valence-electron chi connectivity index (χ4n) is 3.02. The molecule has 0 aliphatic carbocycles. The van der Waals surface area contributed by atoms with Crippen LogP contribution in [0.15, 0.2) is 28.0 Å². The molecule has 0 aromatic carbocycles. The predicted octanol–water partition coefficient (Wildman–Crippen LogP) is 2.57. The van der Waals surface area contributed by atoms with Crippen molar-refractivity contribution < 1.29 is 4.42 Å². The summed E-state index contributed by atoms with van der Waals surface area (Å²) < 4.78 is 5.16. The maximum atomic E-state index is 5.98. The van der Waals surface area contributed by atoms with Gasteiger partial charge in [-0.25, -0.2) is 9.97 Å². The Morgan fingerprint density at radius 1 is 1.32 bits per heavy atom. The number of hydrogen-bond acceptors (Lipinski definition) is 5. The van der Waals surface area contributed by atoms with E-state index >= 15 is 0 Å². The van der Waals surface area contributed by atoms with E-state index in [4.69, 9.17) is 10.2 Å². The largest absolute Gasteiger partial charge is 0.472 e. The number of furan rings is 1. The van der Waals surface area contributed by atoms with Gasteiger partial charge in [0.25, 0.3) is 0 Å². The Bertz CT molecular complexity index is 719. The van der Waals surface area contributed by atoms with Crippen molar-refractivity contribution >= 4 is 11.9 Å². The minimum absolute atomic E-state index is 0.350. The fourth-order valence-corrected chi connectivity index (χ4v) is 3.02. The zero-order valence-electron chi connectivity index (χ0n) is 15.0. The molecule has 0 radical (unpaired) electrons. The lowest BCUT2D eigenvalue weighted by molar-refractivity contribution is 0.336. The molecule has 1 aliphatic rings. The first-order valence-electron chi connectivity index (χ1n) is 8.80. The molecule has 1 aliphatic heterocycles. The van der Waals surface area contributed by atoms with Gasteiger partial charge in [0.2, 0.25) is 5.95 Å². The van der Waals surface area contributed by atoms with Crippen LogP contribution in [0.25, 0.3) is 11.3 Å². The number of aliphatic imine (C=N–C) groups is 1. The molecule has 2 aromatic rings. The molecule has 0 saturated carbocycles. The topological polar surface area (TPSA) is 92.6 Å². The van der Waals surface area contributed by atoms with Gasteiger partial charge in [-0.3, -0.25) is 10.3 Å². The van der Waals surface area contributed by atoms with E-state index < -0.39 is 0 Å². The molecule has 3 heterocycles. The summed E-state index contributed by atoms with van der Waals surface area (Å²) in [6.45, 7) is 8.16. The maximum Gasteiger partial charge on any atom is 0.230 e. The van der Waals surface area contributed by atoms with Crippen molar-refractivity contribution in [1.82, 2.24) is 14.9 Å². The van der Waals surface area contributed by atoms with Crippen molar-refractivity contribution in [3.8, 4) is 11.3 Å². The van der Waals surface area contributed by atoms with E-state index in [1.807, 2.05) is 19.9 Å². The number of aryl methyl sites for hydroxylation is 1. The fraction of sp³-hybridized carbons (Fsp3) is 0.500. The highest BCUT2D eigenvalue weighted by Gasteiger charge is 2.12. The SMILES string of the molecule is Cc1nc(NC(N)=NCCCN2CCCC2)nc(-c2ccoc2)c1C. The Kier molecular flexibility index (Phi) is 5.65. The molecule has 134 valence electrons. The molecular weight excluding hydrogens is 316 g/mol. The van der Waals surface area contributed by atoms with Gasteiger partial charge in [-0.15, -0.1) is 0 Å². The highest BCUT2D eigenvalue weighted by atomic mass is 16.3. The smallest absolute Gasteiger partial charge is 0.230 e. The Morgan fingerprint density at radius 3 is 2.84 bits per heavy atom. The summed E-state index contributed by atoms with van der Waals surface area (Å²) in [7, 11) is 0. The van der Waals surface area contributed by atoms with Gasteiger partial charge in [0.15, 0.2) is 5.96 Å². The molecule has 2 aromatic heterocycles. The lowest BCUT2D eigenvalue weighted by Crippen LogP contribution is -2.25. The average molecular weight is 342 g/mol. The number of nitrogens with zero attached hydrogens (tertiary/aromatic N) is 4. The summed E-state index contributed by atoms with van der Waals surface area (Å²) in [5.41, 5.74) is 9.67. The normalized spacial score (nSPS) is 15.7. The van der Waals surface area contributed by atoms with E-state index in [1.54, 1.807) is 12.5 Å². The van der Waals surface area contributed by atoms with Crippen molar-refractivity contribution in [3.05, 3.63) is 29.9 Å². The molecule has 0 bridgehead atoms. The summed E-state index contributed by atoms with van der Waals surface area (Å²) in [6, 6.07) is 1.88. The van der Waals surface area contributed by atoms with Crippen LogP contribution < -0.4 is 11.1 Å². The number of likely N-dealkylation sites (tertiary alicyclic amines) is 1. The van der Waals surface area contributed by atoms with Gasteiger partial charge in [-0.1, -0.05) is 0 Å². The third-order valence-electron chi connectivity index (χ3n) is 4.54. The summed E-state index contributed by atoms with van der Waals surface area (Å²) in [4.78, 5) is 15.9. The van der Waals surface area contributed by atoms with Crippen molar-refractivity contribution in [2.75, 3.05) is 31.5 Å². The molecule has 0 atom stereocenters. The first-order valence-corrected chi connectivity index (χ1v) is 8.80. The van der Waals surface area contributed by atoms with Crippen LogP contribution in [-0.2, 0) is 0 Å². The molecule has 25 heavy (non-hydrogen) atoms. The average Bonchev–Trinajstić information content (AvgIpc) is 3.28. The predicted molar refractivity (Wildman–Crippen MR) is 99.6 cm³/mol. The summed E-state index contributed by atoms with van der Waals surface area (Å²) in [5.74, 6) is 0.808. The molecule has 1 fully saturated rings. The second-order valence-corrected chi connectivity index (χ2v) is 6.41. The van der Waals surface area contributed by atoms with E-state index in [9.17, 15) is 0 Å². The lowest BCUT2D eigenvalue weighted by Gasteiger charge is -2.13. The molecular formula is C18H26N6O. The van der Waals surface area contributed by atoms with Crippen molar-refractivity contribution in [2.45, 2.75) is 33.1 Å².